The van der Waals surface area contributed by atoms with Crippen molar-refractivity contribution in [1.29, 1.82) is 0 Å². The minimum atomic E-state index is -3.59. The number of carbonyl (C=O) groups is 1. The summed E-state index contributed by atoms with van der Waals surface area (Å²) < 4.78 is 26.7. The Morgan fingerprint density at radius 3 is 2.48 bits per heavy atom. The Labute approximate surface area is 153 Å². The molecule has 25 heavy (non-hydrogen) atoms. The van der Waals surface area contributed by atoms with Gasteiger partial charge in [0.2, 0.25) is 15.9 Å². The van der Waals surface area contributed by atoms with Crippen LogP contribution in [0.3, 0.4) is 0 Å². The molecule has 0 radical (unpaired) electrons. The Bertz CT molecular complexity index is 810. The molecule has 0 aliphatic carbocycles. The van der Waals surface area contributed by atoms with Gasteiger partial charge in [0.05, 0.1) is 4.90 Å². The lowest BCUT2D eigenvalue weighted by molar-refractivity contribution is -0.131. The molecule has 0 saturated carbocycles. The van der Waals surface area contributed by atoms with E-state index in [1.807, 2.05) is 25.1 Å². The van der Waals surface area contributed by atoms with Crippen LogP contribution in [-0.2, 0) is 21.4 Å². The summed E-state index contributed by atoms with van der Waals surface area (Å²) in [5, 5.41) is 0.622. The third-order valence-electron chi connectivity index (χ3n) is 3.68. The van der Waals surface area contributed by atoms with Gasteiger partial charge in [-0.3, -0.25) is 4.79 Å². The number of rotatable bonds is 8. The molecule has 0 heterocycles. The first-order valence-corrected chi connectivity index (χ1v) is 9.85. The Balaban J connectivity index is 1.90. The average Bonchev–Trinajstić information content (AvgIpc) is 2.60. The predicted octanol–water partition coefficient (Wildman–Crippen LogP) is 3.06. The molecule has 2 aromatic carbocycles. The van der Waals surface area contributed by atoms with Gasteiger partial charge in [-0.2, -0.15) is 0 Å². The minimum absolute atomic E-state index is 0.0576. The van der Waals surface area contributed by atoms with Gasteiger partial charge >= 0.3 is 0 Å². The molecule has 0 atom stereocenters. The lowest BCUT2D eigenvalue weighted by Gasteiger charge is -2.21. The van der Waals surface area contributed by atoms with Crippen molar-refractivity contribution >= 4 is 27.5 Å². The van der Waals surface area contributed by atoms with Gasteiger partial charge in [0.25, 0.3) is 0 Å². The quantitative estimate of drug-likeness (QED) is 0.765. The van der Waals surface area contributed by atoms with Crippen LogP contribution < -0.4 is 4.72 Å². The first-order valence-electron chi connectivity index (χ1n) is 7.99. The van der Waals surface area contributed by atoms with Crippen LogP contribution in [0.25, 0.3) is 0 Å². The molecule has 0 saturated heterocycles. The summed E-state index contributed by atoms with van der Waals surface area (Å²) in [6.07, 6.45) is 0.0977. The van der Waals surface area contributed by atoms with Crippen molar-refractivity contribution in [3.8, 4) is 0 Å². The van der Waals surface area contributed by atoms with Crippen LogP contribution in [0.5, 0.6) is 0 Å². The fraction of sp³-hybridized carbons (Fsp3) is 0.278. The highest BCUT2D eigenvalue weighted by molar-refractivity contribution is 7.89. The number of amides is 1. The van der Waals surface area contributed by atoms with Crippen molar-refractivity contribution in [2.75, 3.05) is 13.1 Å². The first-order chi connectivity index (χ1) is 11.9. The van der Waals surface area contributed by atoms with Crippen LogP contribution in [0.1, 0.15) is 18.9 Å². The number of nitrogens with zero attached hydrogens (tertiary/aromatic N) is 1. The fourth-order valence-electron chi connectivity index (χ4n) is 2.37. The van der Waals surface area contributed by atoms with E-state index in [2.05, 4.69) is 4.72 Å². The molecule has 1 N–H and O–H groups in total. The number of nitrogens with one attached hydrogen (secondary N) is 1. The molecule has 7 heteroatoms. The van der Waals surface area contributed by atoms with Crippen molar-refractivity contribution in [2.45, 2.75) is 24.8 Å². The van der Waals surface area contributed by atoms with Gasteiger partial charge in [-0.25, -0.2) is 13.1 Å². The SMILES string of the molecule is CCN(Cc1cccc(Cl)c1)C(=O)CCNS(=O)(=O)c1ccccc1. The summed E-state index contributed by atoms with van der Waals surface area (Å²) in [6, 6.07) is 15.4. The van der Waals surface area contributed by atoms with Gasteiger partial charge in [-0.1, -0.05) is 41.9 Å². The maximum absolute atomic E-state index is 12.3. The van der Waals surface area contributed by atoms with E-state index in [4.69, 9.17) is 11.6 Å². The maximum atomic E-state index is 12.3. The lowest BCUT2D eigenvalue weighted by atomic mass is 10.2. The second kappa shape index (κ2) is 8.99. The number of benzene rings is 2. The minimum Gasteiger partial charge on any atom is -0.339 e. The van der Waals surface area contributed by atoms with Crippen LogP contribution in [0.4, 0.5) is 0 Å². The molecule has 0 bridgehead atoms. The van der Waals surface area contributed by atoms with Gasteiger partial charge in [0.15, 0.2) is 0 Å². The first kappa shape index (κ1) is 19.4. The fourth-order valence-corrected chi connectivity index (χ4v) is 3.63. The molecule has 0 aromatic heterocycles. The smallest absolute Gasteiger partial charge is 0.240 e. The maximum Gasteiger partial charge on any atom is 0.240 e. The van der Waals surface area contributed by atoms with Crippen LogP contribution in [0.15, 0.2) is 59.5 Å². The van der Waals surface area contributed by atoms with E-state index in [0.717, 1.165) is 5.56 Å². The Kier molecular flexibility index (Phi) is 6.99. The zero-order valence-corrected chi connectivity index (χ0v) is 15.6. The second-order valence-corrected chi connectivity index (χ2v) is 7.70. The van der Waals surface area contributed by atoms with Gasteiger partial charge in [0, 0.05) is 31.1 Å². The van der Waals surface area contributed by atoms with Crippen molar-refractivity contribution in [3.63, 3.8) is 0 Å². The Morgan fingerprint density at radius 2 is 1.84 bits per heavy atom. The lowest BCUT2D eigenvalue weighted by Crippen LogP contribution is -2.34. The zero-order valence-electron chi connectivity index (χ0n) is 14.0. The van der Waals surface area contributed by atoms with E-state index in [-0.39, 0.29) is 23.8 Å². The number of carbonyl (C=O) groups excluding carboxylic acids is 1. The molecule has 2 aromatic rings. The zero-order chi connectivity index (χ0) is 18.3. The monoisotopic (exact) mass is 380 g/mol. The molecule has 0 aliphatic rings. The van der Waals surface area contributed by atoms with E-state index in [1.54, 1.807) is 29.2 Å². The topological polar surface area (TPSA) is 66.5 Å². The average molecular weight is 381 g/mol. The number of sulfonamides is 1. The summed E-state index contributed by atoms with van der Waals surface area (Å²) in [6.45, 7) is 2.93. The molecule has 0 fully saturated rings. The summed E-state index contributed by atoms with van der Waals surface area (Å²) in [4.78, 5) is 14.2. The van der Waals surface area contributed by atoms with Crippen LogP contribution >= 0.6 is 11.6 Å². The highest BCUT2D eigenvalue weighted by Gasteiger charge is 2.16. The van der Waals surface area contributed by atoms with E-state index in [0.29, 0.717) is 18.1 Å². The van der Waals surface area contributed by atoms with Crippen LogP contribution in [0.2, 0.25) is 5.02 Å². The molecule has 0 spiro atoms. The van der Waals surface area contributed by atoms with E-state index in [1.165, 1.54) is 12.1 Å². The van der Waals surface area contributed by atoms with E-state index in [9.17, 15) is 13.2 Å². The molecular formula is C18H21ClN2O3S. The molecule has 5 nitrogen and oxygen atoms in total. The van der Waals surface area contributed by atoms with Gasteiger partial charge in [-0.15, -0.1) is 0 Å². The standard InChI is InChI=1S/C18H21ClN2O3S/c1-2-21(14-15-7-6-8-16(19)13-15)18(22)11-12-20-25(23,24)17-9-4-3-5-10-17/h3-10,13,20H,2,11-12,14H2,1H3. The number of hydrogen-bond donors (Lipinski definition) is 1. The van der Waals surface area contributed by atoms with Crippen molar-refractivity contribution < 1.29 is 13.2 Å². The highest BCUT2D eigenvalue weighted by atomic mass is 35.5. The predicted molar refractivity (Wildman–Crippen MR) is 98.8 cm³/mol. The summed E-state index contributed by atoms with van der Waals surface area (Å²) in [5.41, 5.74) is 0.938. The van der Waals surface area contributed by atoms with Crippen molar-refractivity contribution in [1.82, 2.24) is 9.62 Å². The van der Waals surface area contributed by atoms with Crippen molar-refractivity contribution in [3.05, 3.63) is 65.2 Å². The van der Waals surface area contributed by atoms with Gasteiger partial charge < -0.3 is 4.90 Å². The highest BCUT2D eigenvalue weighted by Crippen LogP contribution is 2.13. The summed E-state index contributed by atoms with van der Waals surface area (Å²) >= 11 is 5.96. The molecule has 0 unspecified atom stereocenters. The molecular weight excluding hydrogens is 360 g/mol. The van der Waals surface area contributed by atoms with E-state index >= 15 is 0 Å². The number of halogens is 1. The molecule has 1 amide bonds. The van der Waals surface area contributed by atoms with Gasteiger partial charge in [-0.05, 0) is 36.8 Å². The van der Waals surface area contributed by atoms with E-state index < -0.39 is 10.0 Å². The van der Waals surface area contributed by atoms with Crippen LogP contribution in [-0.4, -0.2) is 32.3 Å². The molecule has 2 rings (SSSR count). The Hall–Kier alpha value is -1.89. The second-order valence-electron chi connectivity index (χ2n) is 5.50. The largest absolute Gasteiger partial charge is 0.339 e. The summed E-state index contributed by atoms with van der Waals surface area (Å²) in [5.74, 6) is -0.113. The van der Waals surface area contributed by atoms with Gasteiger partial charge in [0.1, 0.15) is 0 Å². The summed E-state index contributed by atoms with van der Waals surface area (Å²) in [7, 11) is -3.59. The number of hydrogen-bond acceptors (Lipinski definition) is 3. The molecule has 0 aliphatic heterocycles. The van der Waals surface area contributed by atoms with Crippen LogP contribution in [0, 0.1) is 0 Å². The third-order valence-corrected chi connectivity index (χ3v) is 5.39. The van der Waals surface area contributed by atoms with Crippen molar-refractivity contribution in [2.24, 2.45) is 0 Å². The third kappa shape index (κ3) is 5.85. The normalized spacial score (nSPS) is 11.3. The molecule has 134 valence electrons. The Morgan fingerprint density at radius 1 is 1.12 bits per heavy atom.